The van der Waals surface area contributed by atoms with Crippen LogP contribution in [0.4, 0.5) is 13.2 Å². The summed E-state index contributed by atoms with van der Waals surface area (Å²) in [7, 11) is 0. The lowest BCUT2D eigenvalue weighted by molar-refractivity contribution is -0.168. The number of carbonyl (C=O) groups excluding carboxylic acids is 1. The van der Waals surface area contributed by atoms with Crippen LogP contribution in [0.5, 0.6) is 0 Å². The highest BCUT2D eigenvalue weighted by atomic mass is 19.4. The largest absolute Gasteiger partial charge is 0.396 e. The van der Waals surface area contributed by atoms with E-state index in [9.17, 15) is 18.0 Å². The highest BCUT2D eigenvalue weighted by molar-refractivity contribution is 5.82. The normalized spacial score (nSPS) is 28.9. The minimum atomic E-state index is -4.37. The van der Waals surface area contributed by atoms with Crippen LogP contribution in [0.3, 0.4) is 0 Å². The van der Waals surface area contributed by atoms with Crippen LogP contribution in [0.2, 0.25) is 0 Å². The summed E-state index contributed by atoms with van der Waals surface area (Å²) in [6.45, 7) is 1.59. The van der Waals surface area contributed by atoms with Crippen molar-refractivity contribution in [3.8, 4) is 0 Å². The van der Waals surface area contributed by atoms with Crippen molar-refractivity contribution < 1.29 is 18.0 Å². The van der Waals surface area contributed by atoms with Gasteiger partial charge in [-0.3, -0.25) is 4.79 Å². The van der Waals surface area contributed by atoms with E-state index in [-0.39, 0.29) is 17.9 Å². The van der Waals surface area contributed by atoms with Gasteiger partial charge in [-0.25, -0.2) is 0 Å². The van der Waals surface area contributed by atoms with Gasteiger partial charge in [-0.1, -0.05) is 30.3 Å². The molecular formula is C14H17F3N2O. The Balaban J connectivity index is 2.35. The molecule has 1 unspecified atom stereocenters. The lowest BCUT2D eigenvalue weighted by Crippen LogP contribution is -2.56. The Labute approximate surface area is 115 Å². The first kappa shape index (κ1) is 14.8. The summed E-state index contributed by atoms with van der Waals surface area (Å²) in [6, 6.07) is 6.33. The lowest BCUT2D eigenvalue weighted by atomic mass is 9.75. The van der Waals surface area contributed by atoms with E-state index in [0.29, 0.717) is 0 Å². The molecule has 1 aliphatic rings. The number of carbonyl (C=O) groups is 1. The summed E-state index contributed by atoms with van der Waals surface area (Å²) in [5.74, 6) is -2.77. The van der Waals surface area contributed by atoms with Crippen LogP contribution in [0.1, 0.15) is 24.8 Å². The van der Waals surface area contributed by atoms with Gasteiger partial charge in [-0.2, -0.15) is 13.2 Å². The van der Waals surface area contributed by atoms with Gasteiger partial charge >= 0.3 is 6.18 Å². The second kappa shape index (κ2) is 5.44. The summed E-state index contributed by atoms with van der Waals surface area (Å²) >= 11 is 0. The van der Waals surface area contributed by atoms with Crippen molar-refractivity contribution in [1.82, 2.24) is 5.32 Å². The first-order chi connectivity index (χ1) is 9.30. The van der Waals surface area contributed by atoms with Crippen LogP contribution in [0.15, 0.2) is 30.3 Å². The van der Waals surface area contributed by atoms with E-state index in [2.05, 4.69) is 5.32 Å². The zero-order chi connectivity index (χ0) is 14.9. The highest BCUT2D eigenvalue weighted by Crippen LogP contribution is 2.44. The Hall–Kier alpha value is -1.56. The topological polar surface area (TPSA) is 55.1 Å². The number of rotatable bonds is 2. The van der Waals surface area contributed by atoms with Crippen molar-refractivity contribution in [2.75, 3.05) is 0 Å². The third kappa shape index (κ3) is 2.95. The average molecular weight is 286 g/mol. The van der Waals surface area contributed by atoms with E-state index in [4.69, 9.17) is 5.73 Å². The summed E-state index contributed by atoms with van der Waals surface area (Å²) in [5, 5.41) is 2.54. The third-order valence-corrected chi connectivity index (χ3v) is 3.81. The number of benzene rings is 1. The molecule has 1 aliphatic heterocycles. The summed E-state index contributed by atoms with van der Waals surface area (Å²) in [6.07, 6.45) is -4.34. The first-order valence-corrected chi connectivity index (χ1v) is 6.48. The molecule has 3 nitrogen and oxygen atoms in total. The molecule has 1 saturated heterocycles. The number of amides is 1. The van der Waals surface area contributed by atoms with Gasteiger partial charge in [0.05, 0.1) is 12.0 Å². The predicted molar refractivity (Wildman–Crippen MR) is 68.9 cm³/mol. The SMILES string of the molecule is C[C@H]1NC(=O)[C@@H](N)C[C@H]1C(c1ccccc1)C(F)(F)F. The van der Waals surface area contributed by atoms with E-state index in [1.807, 2.05) is 0 Å². The molecule has 0 radical (unpaired) electrons. The van der Waals surface area contributed by atoms with Crippen LogP contribution in [-0.4, -0.2) is 24.2 Å². The zero-order valence-electron chi connectivity index (χ0n) is 11.0. The van der Waals surface area contributed by atoms with Gasteiger partial charge in [0.2, 0.25) is 5.91 Å². The molecule has 0 saturated carbocycles. The molecule has 0 aliphatic carbocycles. The molecule has 1 aromatic carbocycles. The minimum absolute atomic E-state index is 0.0338. The molecule has 0 aromatic heterocycles. The number of nitrogens with two attached hydrogens (primary N) is 1. The quantitative estimate of drug-likeness (QED) is 0.875. The van der Waals surface area contributed by atoms with Crippen molar-refractivity contribution in [1.29, 1.82) is 0 Å². The first-order valence-electron chi connectivity index (χ1n) is 6.48. The highest BCUT2D eigenvalue weighted by Gasteiger charge is 2.49. The smallest absolute Gasteiger partial charge is 0.352 e. The number of hydrogen-bond acceptors (Lipinski definition) is 2. The van der Waals surface area contributed by atoms with Crippen LogP contribution < -0.4 is 11.1 Å². The molecule has 1 amide bonds. The van der Waals surface area contributed by atoms with Gasteiger partial charge in [-0.05, 0) is 24.8 Å². The van der Waals surface area contributed by atoms with Crippen molar-refractivity contribution >= 4 is 5.91 Å². The Morgan fingerprint density at radius 2 is 1.90 bits per heavy atom. The summed E-state index contributed by atoms with van der Waals surface area (Å²) in [4.78, 5) is 11.4. The van der Waals surface area contributed by atoms with E-state index in [1.54, 1.807) is 25.1 Å². The monoisotopic (exact) mass is 286 g/mol. The van der Waals surface area contributed by atoms with Gasteiger partial charge in [0.25, 0.3) is 0 Å². The number of alkyl halides is 3. The molecule has 0 bridgehead atoms. The molecule has 20 heavy (non-hydrogen) atoms. The Morgan fingerprint density at radius 1 is 1.30 bits per heavy atom. The molecule has 0 spiro atoms. The van der Waals surface area contributed by atoms with Gasteiger partial charge < -0.3 is 11.1 Å². The maximum atomic E-state index is 13.4. The van der Waals surface area contributed by atoms with Crippen molar-refractivity contribution in [2.24, 2.45) is 11.7 Å². The fourth-order valence-electron chi connectivity index (χ4n) is 2.81. The standard InChI is InChI=1S/C14H17F3N2O/c1-8-10(7-11(18)13(20)19-8)12(14(15,16)17)9-5-3-2-4-6-9/h2-6,8,10-12H,7,18H2,1H3,(H,19,20)/t8-,10-,11+,12?/m1/s1. The van der Waals surface area contributed by atoms with Crippen molar-refractivity contribution in [3.05, 3.63) is 35.9 Å². The molecule has 1 fully saturated rings. The van der Waals surface area contributed by atoms with E-state index in [0.717, 1.165) is 0 Å². The fraction of sp³-hybridized carbons (Fsp3) is 0.500. The van der Waals surface area contributed by atoms with E-state index < -0.39 is 30.1 Å². The Morgan fingerprint density at radius 3 is 2.45 bits per heavy atom. The second-order valence-corrected chi connectivity index (χ2v) is 5.23. The second-order valence-electron chi connectivity index (χ2n) is 5.23. The molecule has 1 heterocycles. The lowest BCUT2D eigenvalue weighted by Gasteiger charge is -2.39. The van der Waals surface area contributed by atoms with Crippen LogP contribution in [0, 0.1) is 5.92 Å². The van der Waals surface area contributed by atoms with E-state index >= 15 is 0 Å². The molecule has 6 heteroatoms. The minimum Gasteiger partial charge on any atom is -0.352 e. The molecule has 2 rings (SSSR count). The number of nitrogens with one attached hydrogen (secondary N) is 1. The van der Waals surface area contributed by atoms with Crippen molar-refractivity contribution in [3.63, 3.8) is 0 Å². The molecule has 4 atom stereocenters. The molecule has 110 valence electrons. The number of halogens is 3. The molecule has 1 aromatic rings. The van der Waals surface area contributed by atoms with Crippen LogP contribution in [0.25, 0.3) is 0 Å². The number of hydrogen-bond donors (Lipinski definition) is 2. The van der Waals surface area contributed by atoms with E-state index in [1.165, 1.54) is 12.1 Å². The zero-order valence-corrected chi connectivity index (χ0v) is 11.0. The van der Waals surface area contributed by atoms with Crippen LogP contribution in [-0.2, 0) is 4.79 Å². The third-order valence-electron chi connectivity index (χ3n) is 3.81. The van der Waals surface area contributed by atoms with Gasteiger partial charge in [0.15, 0.2) is 0 Å². The predicted octanol–water partition coefficient (Wildman–Crippen LogP) is 2.18. The van der Waals surface area contributed by atoms with Gasteiger partial charge in [-0.15, -0.1) is 0 Å². The molecular weight excluding hydrogens is 269 g/mol. The van der Waals surface area contributed by atoms with Gasteiger partial charge in [0.1, 0.15) is 0 Å². The maximum Gasteiger partial charge on any atom is 0.396 e. The Kier molecular flexibility index (Phi) is 4.04. The summed E-state index contributed by atoms with van der Waals surface area (Å²) in [5.41, 5.74) is 5.82. The number of piperidine rings is 1. The van der Waals surface area contributed by atoms with Crippen LogP contribution >= 0.6 is 0 Å². The Bertz CT molecular complexity index is 475. The van der Waals surface area contributed by atoms with Gasteiger partial charge in [0, 0.05) is 6.04 Å². The molecule has 3 N–H and O–H groups in total. The van der Waals surface area contributed by atoms with Crippen molar-refractivity contribution in [2.45, 2.75) is 37.5 Å². The fourth-order valence-corrected chi connectivity index (χ4v) is 2.81. The average Bonchev–Trinajstić information content (AvgIpc) is 2.35. The maximum absolute atomic E-state index is 13.4. The summed E-state index contributed by atoms with van der Waals surface area (Å²) < 4.78 is 40.3.